The summed E-state index contributed by atoms with van der Waals surface area (Å²) in [6.45, 7) is 3.96. The summed E-state index contributed by atoms with van der Waals surface area (Å²) in [5.74, 6) is -0.571. The van der Waals surface area contributed by atoms with Crippen LogP contribution in [-0.2, 0) is 14.3 Å². The average Bonchev–Trinajstić information content (AvgIpc) is 2.93. The minimum atomic E-state index is -0.735. The topological polar surface area (TPSA) is 55.4 Å². The van der Waals surface area contributed by atoms with Crippen molar-refractivity contribution in [3.8, 4) is 11.1 Å². The third kappa shape index (κ3) is 3.29. The van der Waals surface area contributed by atoms with Gasteiger partial charge < -0.3 is 10.1 Å². The molecule has 1 atom stereocenters. The van der Waals surface area contributed by atoms with Crippen LogP contribution in [0.1, 0.15) is 37.3 Å². The Morgan fingerprint density at radius 3 is 2.00 bits per heavy atom. The van der Waals surface area contributed by atoms with Gasteiger partial charge in [0.2, 0.25) is 5.91 Å². The Labute approximate surface area is 148 Å². The van der Waals surface area contributed by atoms with Gasteiger partial charge >= 0.3 is 5.97 Å². The zero-order valence-electron chi connectivity index (χ0n) is 14.8. The Morgan fingerprint density at radius 1 is 1.00 bits per heavy atom. The molecule has 0 spiro atoms. The van der Waals surface area contributed by atoms with Gasteiger partial charge in [-0.25, -0.2) is 4.79 Å². The Balaban J connectivity index is 2.03. The van der Waals surface area contributed by atoms with E-state index in [2.05, 4.69) is 17.4 Å². The van der Waals surface area contributed by atoms with E-state index in [4.69, 9.17) is 4.74 Å². The fourth-order valence-corrected chi connectivity index (χ4v) is 3.56. The first kappa shape index (κ1) is 17.2. The lowest BCUT2D eigenvalue weighted by Gasteiger charge is -2.25. The first-order valence-corrected chi connectivity index (χ1v) is 8.58. The summed E-state index contributed by atoms with van der Waals surface area (Å²) in [7, 11) is 1.36. The Morgan fingerprint density at radius 2 is 1.52 bits per heavy atom. The van der Waals surface area contributed by atoms with Crippen molar-refractivity contribution < 1.29 is 14.3 Å². The number of nitrogens with one attached hydrogen (secondary N) is 1. The van der Waals surface area contributed by atoms with Gasteiger partial charge in [-0.2, -0.15) is 0 Å². The van der Waals surface area contributed by atoms with Gasteiger partial charge in [-0.1, -0.05) is 62.4 Å². The highest BCUT2D eigenvalue weighted by atomic mass is 16.5. The summed E-state index contributed by atoms with van der Waals surface area (Å²) >= 11 is 0. The van der Waals surface area contributed by atoms with E-state index in [1.54, 1.807) is 0 Å². The number of benzene rings is 2. The molecule has 0 aliphatic heterocycles. The van der Waals surface area contributed by atoms with E-state index >= 15 is 0 Å². The largest absolute Gasteiger partial charge is 0.467 e. The maximum atomic E-state index is 12.5. The predicted octanol–water partition coefficient (Wildman–Crippen LogP) is 3.50. The second-order valence-electron chi connectivity index (χ2n) is 6.82. The molecular formula is C21H23NO3. The molecule has 0 unspecified atom stereocenters. The van der Waals surface area contributed by atoms with E-state index in [9.17, 15) is 9.59 Å². The fourth-order valence-electron chi connectivity index (χ4n) is 3.56. The number of carbonyl (C=O) groups excluding carboxylic acids is 2. The molecule has 2 aromatic rings. The predicted molar refractivity (Wildman–Crippen MR) is 97.1 cm³/mol. The number of hydrogen-bond donors (Lipinski definition) is 1. The lowest BCUT2D eigenvalue weighted by molar-refractivity contribution is -0.145. The van der Waals surface area contributed by atoms with Crippen molar-refractivity contribution in [2.45, 2.75) is 32.2 Å². The molecule has 130 valence electrons. The van der Waals surface area contributed by atoms with E-state index in [1.807, 2.05) is 50.2 Å². The third-order valence-electron chi connectivity index (χ3n) is 4.58. The second kappa shape index (κ2) is 7.09. The normalized spacial score (nSPS) is 13.9. The molecule has 1 amide bonds. The molecule has 4 nitrogen and oxygen atoms in total. The zero-order chi connectivity index (χ0) is 18.0. The molecule has 0 saturated carbocycles. The lowest BCUT2D eigenvalue weighted by Crippen LogP contribution is -2.45. The first-order valence-electron chi connectivity index (χ1n) is 8.58. The van der Waals surface area contributed by atoms with Gasteiger partial charge in [-0.05, 0) is 28.2 Å². The van der Waals surface area contributed by atoms with Crippen molar-refractivity contribution in [3.63, 3.8) is 0 Å². The first-order chi connectivity index (χ1) is 12.0. The smallest absolute Gasteiger partial charge is 0.329 e. The minimum absolute atomic E-state index is 0.132. The number of hydrogen-bond acceptors (Lipinski definition) is 3. The monoisotopic (exact) mass is 337 g/mol. The molecule has 4 heteroatoms. The van der Waals surface area contributed by atoms with E-state index in [-0.39, 0.29) is 17.7 Å². The summed E-state index contributed by atoms with van der Waals surface area (Å²) < 4.78 is 5.01. The van der Waals surface area contributed by atoms with E-state index < -0.39 is 12.0 Å². The van der Waals surface area contributed by atoms with Crippen LogP contribution < -0.4 is 5.32 Å². The second-order valence-corrected chi connectivity index (χ2v) is 6.82. The number of carbonyl (C=O) groups is 2. The summed E-state index contributed by atoms with van der Waals surface area (Å²) in [6.07, 6.45) is 0.378. The molecule has 1 N–H and O–H groups in total. The molecule has 1 aliphatic carbocycles. The molecule has 0 heterocycles. The van der Waals surface area contributed by atoms with Crippen LogP contribution in [0.3, 0.4) is 0 Å². The van der Waals surface area contributed by atoms with Crippen LogP contribution in [0.4, 0.5) is 0 Å². The zero-order valence-corrected chi connectivity index (χ0v) is 14.8. The average molecular weight is 337 g/mol. The van der Waals surface area contributed by atoms with E-state index in [0.717, 1.165) is 22.3 Å². The molecule has 0 fully saturated rings. The molecule has 0 bridgehead atoms. The van der Waals surface area contributed by atoms with Gasteiger partial charge in [0.25, 0.3) is 0 Å². The molecule has 0 aromatic heterocycles. The van der Waals surface area contributed by atoms with Gasteiger partial charge in [-0.3, -0.25) is 4.79 Å². The maximum Gasteiger partial charge on any atom is 0.329 e. The van der Waals surface area contributed by atoms with E-state index in [0.29, 0.717) is 6.42 Å². The number of esters is 1. The van der Waals surface area contributed by atoms with Crippen LogP contribution in [-0.4, -0.2) is 25.0 Å². The van der Waals surface area contributed by atoms with Crippen molar-refractivity contribution in [3.05, 3.63) is 59.7 Å². The molecular weight excluding hydrogens is 314 g/mol. The summed E-state index contributed by atoms with van der Waals surface area (Å²) in [5.41, 5.74) is 4.30. The highest BCUT2D eigenvalue weighted by Gasteiger charge is 2.39. The Bertz CT molecular complexity index is 752. The fraction of sp³-hybridized carbons (Fsp3) is 0.333. The lowest BCUT2D eigenvalue weighted by atomic mass is 9.89. The third-order valence-corrected chi connectivity index (χ3v) is 4.58. The standard InChI is InChI=1S/C21H23NO3/c1-13(2)12-18(23)22-20(21(24)25-3)19-16-10-6-4-8-14(16)15-9-5-7-11-17(15)19/h4-11,13,19-20H,12H2,1-3H3,(H,22,23)/t20-/m1/s1. The highest BCUT2D eigenvalue weighted by Crippen LogP contribution is 2.46. The molecule has 0 radical (unpaired) electrons. The van der Waals surface area contributed by atoms with Crippen LogP contribution >= 0.6 is 0 Å². The number of methoxy groups -OCH3 is 1. The van der Waals surface area contributed by atoms with Crippen molar-refractivity contribution in [1.82, 2.24) is 5.32 Å². The summed E-state index contributed by atoms with van der Waals surface area (Å²) in [6, 6.07) is 15.3. The van der Waals surface area contributed by atoms with Crippen molar-refractivity contribution in [2.75, 3.05) is 7.11 Å². The van der Waals surface area contributed by atoms with Crippen LogP contribution in [0.25, 0.3) is 11.1 Å². The number of amides is 1. The minimum Gasteiger partial charge on any atom is -0.467 e. The summed E-state index contributed by atoms with van der Waals surface area (Å²) in [4.78, 5) is 24.8. The van der Waals surface area contributed by atoms with Gasteiger partial charge in [0.15, 0.2) is 0 Å². The van der Waals surface area contributed by atoms with Gasteiger partial charge in [-0.15, -0.1) is 0 Å². The quantitative estimate of drug-likeness (QED) is 0.850. The number of ether oxygens (including phenoxy) is 1. The van der Waals surface area contributed by atoms with Crippen molar-refractivity contribution in [2.24, 2.45) is 5.92 Å². The number of fused-ring (bicyclic) bond motifs is 3. The van der Waals surface area contributed by atoms with Gasteiger partial charge in [0.05, 0.1) is 7.11 Å². The molecule has 3 rings (SSSR count). The maximum absolute atomic E-state index is 12.5. The summed E-state index contributed by atoms with van der Waals surface area (Å²) in [5, 5.41) is 2.91. The van der Waals surface area contributed by atoms with Gasteiger partial charge in [0.1, 0.15) is 6.04 Å². The highest BCUT2D eigenvalue weighted by molar-refractivity contribution is 5.89. The van der Waals surface area contributed by atoms with Crippen LogP contribution in [0.2, 0.25) is 0 Å². The van der Waals surface area contributed by atoms with Crippen molar-refractivity contribution >= 4 is 11.9 Å². The Hall–Kier alpha value is -2.62. The van der Waals surface area contributed by atoms with E-state index in [1.165, 1.54) is 7.11 Å². The van der Waals surface area contributed by atoms with Crippen molar-refractivity contribution in [1.29, 1.82) is 0 Å². The SMILES string of the molecule is COC(=O)[C@H](NC(=O)CC(C)C)C1c2ccccc2-c2ccccc21. The van der Waals surface area contributed by atoms with Crippen LogP contribution in [0.15, 0.2) is 48.5 Å². The number of rotatable bonds is 5. The molecule has 25 heavy (non-hydrogen) atoms. The van der Waals surface area contributed by atoms with Gasteiger partial charge in [0, 0.05) is 12.3 Å². The van der Waals surface area contributed by atoms with Crippen LogP contribution in [0.5, 0.6) is 0 Å². The molecule has 1 aliphatic rings. The molecule has 2 aromatic carbocycles. The van der Waals surface area contributed by atoms with Crippen LogP contribution in [0, 0.1) is 5.92 Å². The Kier molecular flexibility index (Phi) is 4.88. The molecule has 0 saturated heterocycles.